The number of carbonyl (C=O) groups is 1. The highest BCUT2D eigenvalue weighted by Gasteiger charge is 2.22. The standard InChI is InChI=1S/C20H22ClN3O2/c1-26-16-8-5-15(6-9-16)7-10-19(25)23-11-13-24(14-12-23)20-17(21)3-2-4-18(20)22/h2-10H,11-14,22H2,1H3/b10-7+. The molecule has 1 saturated heterocycles. The fourth-order valence-electron chi connectivity index (χ4n) is 3.00. The maximum Gasteiger partial charge on any atom is 0.246 e. The third kappa shape index (κ3) is 4.11. The molecule has 0 aliphatic carbocycles. The summed E-state index contributed by atoms with van der Waals surface area (Å²) in [5.74, 6) is 0.802. The monoisotopic (exact) mass is 371 g/mol. The number of nitrogens with two attached hydrogens (primary N) is 1. The van der Waals surface area contributed by atoms with Crippen molar-refractivity contribution in [1.82, 2.24) is 4.90 Å². The summed E-state index contributed by atoms with van der Waals surface area (Å²) >= 11 is 6.28. The van der Waals surface area contributed by atoms with Gasteiger partial charge in [0.2, 0.25) is 5.91 Å². The molecule has 5 nitrogen and oxygen atoms in total. The lowest BCUT2D eigenvalue weighted by molar-refractivity contribution is -0.126. The Morgan fingerprint density at radius 1 is 1.12 bits per heavy atom. The minimum Gasteiger partial charge on any atom is -0.497 e. The molecule has 0 radical (unpaired) electrons. The van der Waals surface area contributed by atoms with Crippen LogP contribution in [0.5, 0.6) is 5.75 Å². The zero-order valence-corrected chi connectivity index (χ0v) is 15.4. The first-order valence-electron chi connectivity index (χ1n) is 8.48. The van der Waals surface area contributed by atoms with E-state index in [0.717, 1.165) is 17.0 Å². The molecular weight excluding hydrogens is 350 g/mol. The van der Waals surface area contributed by atoms with Crippen molar-refractivity contribution in [2.45, 2.75) is 0 Å². The molecule has 1 heterocycles. The van der Waals surface area contributed by atoms with Gasteiger partial charge in [-0.15, -0.1) is 0 Å². The van der Waals surface area contributed by atoms with Gasteiger partial charge in [0, 0.05) is 32.3 Å². The van der Waals surface area contributed by atoms with Crippen LogP contribution >= 0.6 is 11.6 Å². The van der Waals surface area contributed by atoms with Crippen LogP contribution in [0.25, 0.3) is 6.08 Å². The Bertz CT molecular complexity index is 777. The van der Waals surface area contributed by atoms with E-state index in [-0.39, 0.29) is 5.91 Å². The first kappa shape index (κ1) is 18.1. The molecule has 26 heavy (non-hydrogen) atoms. The van der Waals surface area contributed by atoms with E-state index in [1.165, 1.54) is 0 Å². The predicted molar refractivity (Wildman–Crippen MR) is 107 cm³/mol. The van der Waals surface area contributed by atoms with Gasteiger partial charge in [-0.05, 0) is 35.9 Å². The van der Waals surface area contributed by atoms with Crippen molar-refractivity contribution in [1.29, 1.82) is 0 Å². The van der Waals surface area contributed by atoms with Crippen LogP contribution in [0, 0.1) is 0 Å². The van der Waals surface area contributed by atoms with E-state index in [1.54, 1.807) is 13.2 Å². The van der Waals surface area contributed by atoms with Gasteiger partial charge >= 0.3 is 0 Å². The number of hydrogen-bond acceptors (Lipinski definition) is 4. The molecule has 1 amide bonds. The third-order valence-electron chi connectivity index (χ3n) is 4.46. The highest BCUT2D eigenvalue weighted by Crippen LogP contribution is 2.32. The number of hydrogen-bond donors (Lipinski definition) is 1. The molecule has 0 saturated carbocycles. The summed E-state index contributed by atoms with van der Waals surface area (Å²) in [5.41, 5.74) is 8.53. The topological polar surface area (TPSA) is 58.8 Å². The molecular formula is C20H22ClN3O2. The molecule has 0 bridgehead atoms. The zero-order valence-electron chi connectivity index (χ0n) is 14.7. The lowest BCUT2D eigenvalue weighted by Crippen LogP contribution is -2.48. The van der Waals surface area contributed by atoms with Gasteiger partial charge in [-0.3, -0.25) is 4.79 Å². The van der Waals surface area contributed by atoms with Crippen molar-refractivity contribution in [2.75, 3.05) is 43.9 Å². The Hall–Kier alpha value is -2.66. The Balaban J connectivity index is 1.59. The molecule has 6 heteroatoms. The van der Waals surface area contributed by atoms with Gasteiger partial charge in [0.25, 0.3) is 0 Å². The van der Waals surface area contributed by atoms with Gasteiger partial charge in [-0.2, -0.15) is 0 Å². The lowest BCUT2D eigenvalue weighted by Gasteiger charge is -2.36. The van der Waals surface area contributed by atoms with Crippen molar-refractivity contribution in [2.24, 2.45) is 0 Å². The van der Waals surface area contributed by atoms with Crippen LogP contribution < -0.4 is 15.4 Å². The Morgan fingerprint density at radius 2 is 1.81 bits per heavy atom. The van der Waals surface area contributed by atoms with Gasteiger partial charge in [0.15, 0.2) is 0 Å². The van der Waals surface area contributed by atoms with E-state index < -0.39 is 0 Å². The second-order valence-corrected chi connectivity index (χ2v) is 6.50. The van der Waals surface area contributed by atoms with Crippen LogP contribution in [0.15, 0.2) is 48.5 Å². The number of rotatable bonds is 4. The predicted octanol–water partition coefficient (Wildman–Crippen LogP) is 3.29. The minimum atomic E-state index is 0.00704. The minimum absolute atomic E-state index is 0.00704. The maximum absolute atomic E-state index is 12.4. The van der Waals surface area contributed by atoms with Gasteiger partial charge < -0.3 is 20.3 Å². The summed E-state index contributed by atoms with van der Waals surface area (Å²) in [6, 6.07) is 13.1. The SMILES string of the molecule is COc1ccc(/C=C/C(=O)N2CCN(c3c(N)cccc3Cl)CC2)cc1. The fraction of sp³-hybridized carbons (Fsp3) is 0.250. The number of carbonyl (C=O) groups excluding carboxylic acids is 1. The van der Waals surface area contributed by atoms with Crippen LogP contribution in [0.3, 0.4) is 0 Å². The summed E-state index contributed by atoms with van der Waals surface area (Å²) < 4.78 is 5.13. The molecule has 2 aromatic rings. The summed E-state index contributed by atoms with van der Waals surface area (Å²) in [6.07, 6.45) is 3.43. The second-order valence-electron chi connectivity index (χ2n) is 6.10. The van der Waals surface area contributed by atoms with E-state index in [4.69, 9.17) is 22.1 Å². The van der Waals surface area contributed by atoms with Crippen LogP contribution in [-0.2, 0) is 4.79 Å². The third-order valence-corrected chi connectivity index (χ3v) is 4.76. The number of piperazine rings is 1. The number of benzene rings is 2. The largest absolute Gasteiger partial charge is 0.497 e. The number of ether oxygens (including phenoxy) is 1. The fourth-order valence-corrected chi connectivity index (χ4v) is 3.31. The van der Waals surface area contributed by atoms with E-state index in [2.05, 4.69) is 4.90 Å². The zero-order chi connectivity index (χ0) is 18.5. The van der Waals surface area contributed by atoms with Crippen LogP contribution in [0.1, 0.15) is 5.56 Å². The van der Waals surface area contributed by atoms with Gasteiger partial charge in [0.05, 0.1) is 23.5 Å². The van der Waals surface area contributed by atoms with Crippen molar-refractivity contribution in [3.05, 3.63) is 59.1 Å². The Kier molecular flexibility index (Phi) is 5.68. The normalized spacial score (nSPS) is 14.7. The van der Waals surface area contributed by atoms with Crippen molar-refractivity contribution >= 4 is 35.0 Å². The average molecular weight is 372 g/mol. The Labute approximate surface area is 158 Å². The number of amides is 1. The average Bonchev–Trinajstić information content (AvgIpc) is 2.67. The number of anilines is 2. The summed E-state index contributed by atoms with van der Waals surface area (Å²) in [6.45, 7) is 2.68. The highest BCUT2D eigenvalue weighted by atomic mass is 35.5. The molecule has 1 fully saturated rings. The van der Waals surface area contributed by atoms with Gasteiger partial charge in [-0.1, -0.05) is 29.8 Å². The van der Waals surface area contributed by atoms with Crippen LogP contribution in [0.2, 0.25) is 5.02 Å². The second kappa shape index (κ2) is 8.15. The van der Waals surface area contributed by atoms with Crippen molar-refractivity contribution < 1.29 is 9.53 Å². The molecule has 1 aliphatic rings. The van der Waals surface area contributed by atoms with E-state index in [9.17, 15) is 4.79 Å². The summed E-state index contributed by atoms with van der Waals surface area (Å²) in [4.78, 5) is 16.4. The Morgan fingerprint density at radius 3 is 2.42 bits per heavy atom. The molecule has 0 atom stereocenters. The number of nitrogen functional groups attached to an aromatic ring is 1. The van der Waals surface area contributed by atoms with Crippen LogP contribution in [0.4, 0.5) is 11.4 Å². The van der Waals surface area contributed by atoms with E-state index >= 15 is 0 Å². The van der Waals surface area contributed by atoms with Crippen molar-refractivity contribution in [3.63, 3.8) is 0 Å². The summed E-state index contributed by atoms with van der Waals surface area (Å²) in [5, 5.41) is 0.643. The van der Waals surface area contributed by atoms with Gasteiger partial charge in [0.1, 0.15) is 5.75 Å². The van der Waals surface area contributed by atoms with E-state index in [0.29, 0.717) is 36.9 Å². The molecule has 1 aliphatic heterocycles. The first-order chi connectivity index (χ1) is 12.6. The molecule has 2 N–H and O–H groups in total. The number of nitrogens with zero attached hydrogens (tertiary/aromatic N) is 2. The van der Waals surface area contributed by atoms with Crippen LogP contribution in [-0.4, -0.2) is 44.1 Å². The molecule has 0 spiro atoms. The molecule has 0 aromatic heterocycles. The highest BCUT2D eigenvalue weighted by molar-refractivity contribution is 6.34. The number of para-hydroxylation sites is 1. The smallest absolute Gasteiger partial charge is 0.246 e. The molecule has 136 valence electrons. The lowest BCUT2D eigenvalue weighted by atomic mass is 10.2. The molecule has 3 rings (SSSR count). The quantitative estimate of drug-likeness (QED) is 0.661. The number of halogens is 1. The first-order valence-corrected chi connectivity index (χ1v) is 8.86. The molecule has 2 aromatic carbocycles. The van der Waals surface area contributed by atoms with E-state index in [1.807, 2.05) is 53.4 Å². The van der Waals surface area contributed by atoms with Gasteiger partial charge in [-0.25, -0.2) is 0 Å². The summed E-state index contributed by atoms with van der Waals surface area (Å²) in [7, 11) is 1.63. The number of methoxy groups -OCH3 is 1. The van der Waals surface area contributed by atoms with Crippen molar-refractivity contribution in [3.8, 4) is 5.75 Å². The molecule has 0 unspecified atom stereocenters. The maximum atomic E-state index is 12.4.